The summed E-state index contributed by atoms with van der Waals surface area (Å²) in [6.45, 7) is 0.411. The summed E-state index contributed by atoms with van der Waals surface area (Å²) >= 11 is 3.28. The van der Waals surface area contributed by atoms with Crippen molar-refractivity contribution in [3.63, 3.8) is 0 Å². The minimum atomic E-state index is -0.734. The zero-order valence-electron chi connectivity index (χ0n) is 15.8. The SMILES string of the molecule is CC(=O)OCCN(CC(=O)OCC(=O)c1ccc(Br)cc1)C(=O)c1ccccc1. The van der Waals surface area contributed by atoms with Crippen LogP contribution in [0.15, 0.2) is 59.1 Å². The van der Waals surface area contributed by atoms with E-state index in [-0.39, 0.29) is 25.5 Å². The molecule has 0 N–H and O–H groups in total. The first kappa shape index (κ1) is 22.3. The van der Waals surface area contributed by atoms with Crippen molar-refractivity contribution >= 4 is 39.6 Å². The third kappa shape index (κ3) is 7.50. The van der Waals surface area contributed by atoms with Crippen LogP contribution in [0.1, 0.15) is 27.6 Å². The maximum Gasteiger partial charge on any atom is 0.326 e. The van der Waals surface area contributed by atoms with Crippen molar-refractivity contribution in [2.24, 2.45) is 0 Å². The number of carbonyl (C=O) groups excluding carboxylic acids is 4. The van der Waals surface area contributed by atoms with Gasteiger partial charge in [-0.1, -0.05) is 46.3 Å². The van der Waals surface area contributed by atoms with Crippen LogP contribution in [0, 0.1) is 0 Å². The van der Waals surface area contributed by atoms with Gasteiger partial charge in [-0.3, -0.25) is 19.2 Å². The number of hydrogen-bond donors (Lipinski definition) is 0. The Labute approximate surface area is 176 Å². The number of nitrogens with zero attached hydrogens (tertiary/aromatic N) is 1. The molecule has 2 rings (SSSR count). The Balaban J connectivity index is 1.96. The number of esters is 2. The Hall–Kier alpha value is -3.00. The Bertz CT molecular complexity index is 866. The Morgan fingerprint density at radius 3 is 2.17 bits per heavy atom. The van der Waals surface area contributed by atoms with Gasteiger partial charge in [0.2, 0.25) is 0 Å². The minimum absolute atomic E-state index is 0.0169. The second kappa shape index (κ2) is 11.1. The molecule has 0 saturated heterocycles. The van der Waals surface area contributed by atoms with Crippen LogP contribution >= 0.6 is 15.9 Å². The van der Waals surface area contributed by atoms with Crippen molar-refractivity contribution in [2.45, 2.75) is 6.92 Å². The van der Waals surface area contributed by atoms with Gasteiger partial charge in [-0.05, 0) is 24.3 Å². The van der Waals surface area contributed by atoms with E-state index in [1.165, 1.54) is 11.8 Å². The van der Waals surface area contributed by atoms with Gasteiger partial charge in [-0.25, -0.2) is 0 Å². The molecule has 0 aliphatic rings. The molecule has 0 heterocycles. The van der Waals surface area contributed by atoms with Crippen molar-refractivity contribution in [1.29, 1.82) is 0 Å². The number of carbonyl (C=O) groups is 4. The van der Waals surface area contributed by atoms with E-state index in [4.69, 9.17) is 9.47 Å². The summed E-state index contributed by atoms with van der Waals surface area (Å²) in [5.41, 5.74) is 0.794. The fraction of sp³-hybridized carbons (Fsp3) is 0.238. The van der Waals surface area contributed by atoms with Gasteiger partial charge < -0.3 is 14.4 Å². The monoisotopic (exact) mass is 461 g/mol. The molecule has 0 aliphatic heterocycles. The summed E-state index contributed by atoms with van der Waals surface area (Å²) in [6, 6.07) is 15.1. The molecule has 0 aliphatic carbocycles. The number of Topliss-reactive ketones (excluding diaryl/α,β-unsaturated/α-hetero) is 1. The van der Waals surface area contributed by atoms with E-state index in [1.54, 1.807) is 54.6 Å². The normalized spacial score (nSPS) is 10.1. The van der Waals surface area contributed by atoms with Crippen molar-refractivity contribution in [2.75, 3.05) is 26.3 Å². The molecule has 0 saturated carbocycles. The lowest BCUT2D eigenvalue weighted by Crippen LogP contribution is -2.39. The second-order valence-electron chi connectivity index (χ2n) is 6.02. The molecule has 7 nitrogen and oxygen atoms in total. The van der Waals surface area contributed by atoms with Gasteiger partial charge in [-0.2, -0.15) is 0 Å². The zero-order valence-corrected chi connectivity index (χ0v) is 17.4. The smallest absolute Gasteiger partial charge is 0.326 e. The molecule has 0 bridgehead atoms. The summed E-state index contributed by atoms with van der Waals surface area (Å²) in [7, 11) is 0. The van der Waals surface area contributed by atoms with Crippen LogP contribution in [0.25, 0.3) is 0 Å². The Kier molecular flexibility index (Phi) is 8.54. The predicted octanol–water partition coefficient (Wildman–Crippen LogP) is 2.88. The van der Waals surface area contributed by atoms with Crippen LogP contribution in [0.3, 0.4) is 0 Å². The minimum Gasteiger partial charge on any atom is -0.464 e. The quantitative estimate of drug-likeness (QED) is 0.421. The van der Waals surface area contributed by atoms with Crippen molar-refractivity contribution in [3.05, 3.63) is 70.2 Å². The maximum atomic E-state index is 12.7. The highest BCUT2D eigenvalue weighted by molar-refractivity contribution is 9.10. The summed E-state index contributed by atoms with van der Waals surface area (Å²) < 4.78 is 10.7. The van der Waals surface area contributed by atoms with Crippen LogP contribution in [-0.4, -0.2) is 54.8 Å². The molecule has 29 heavy (non-hydrogen) atoms. The molecule has 0 unspecified atom stereocenters. The van der Waals surface area contributed by atoms with Gasteiger partial charge >= 0.3 is 11.9 Å². The van der Waals surface area contributed by atoms with Crippen LogP contribution in [-0.2, 0) is 19.1 Å². The van der Waals surface area contributed by atoms with Crippen molar-refractivity contribution in [3.8, 4) is 0 Å². The fourth-order valence-corrected chi connectivity index (χ4v) is 2.65. The third-order valence-electron chi connectivity index (χ3n) is 3.82. The van der Waals surface area contributed by atoms with Crippen molar-refractivity contribution in [1.82, 2.24) is 4.90 Å². The Morgan fingerprint density at radius 2 is 1.55 bits per heavy atom. The van der Waals surface area contributed by atoms with E-state index >= 15 is 0 Å². The summed E-state index contributed by atoms with van der Waals surface area (Å²) in [5, 5.41) is 0. The molecule has 0 fully saturated rings. The number of ketones is 1. The highest BCUT2D eigenvalue weighted by Gasteiger charge is 2.20. The second-order valence-corrected chi connectivity index (χ2v) is 6.94. The maximum absolute atomic E-state index is 12.7. The first-order valence-electron chi connectivity index (χ1n) is 8.79. The molecule has 0 atom stereocenters. The summed E-state index contributed by atoms with van der Waals surface area (Å²) in [4.78, 5) is 49.1. The summed E-state index contributed by atoms with van der Waals surface area (Å²) in [5.74, 6) is -1.98. The van der Waals surface area contributed by atoms with E-state index in [2.05, 4.69) is 15.9 Å². The number of rotatable bonds is 9. The van der Waals surface area contributed by atoms with E-state index in [0.717, 1.165) is 4.47 Å². The molecule has 1 amide bonds. The van der Waals surface area contributed by atoms with Gasteiger partial charge in [0, 0.05) is 22.5 Å². The largest absolute Gasteiger partial charge is 0.464 e. The Morgan fingerprint density at radius 1 is 0.897 bits per heavy atom. The molecule has 8 heteroatoms. The molecule has 0 spiro atoms. The molecular formula is C21H20BrNO6. The first-order valence-corrected chi connectivity index (χ1v) is 9.58. The van der Waals surface area contributed by atoms with Gasteiger partial charge in [0.1, 0.15) is 13.2 Å². The molecule has 2 aromatic rings. The number of ether oxygens (including phenoxy) is 2. The lowest BCUT2D eigenvalue weighted by molar-refractivity contribution is -0.143. The van der Waals surface area contributed by atoms with Crippen LogP contribution in [0.5, 0.6) is 0 Å². The predicted molar refractivity (Wildman–Crippen MR) is 108 cm³/mol. The van der Waals surface area contributed by atoms with Gasteiger partial charge in [-0.15, -0.1) is 0 Å². The summed E-state index contributed by atoms with van der Waals surface area (Å²) in [6.07, 6.45) is 0. The molecular weight excluding hydrogens is 442 g/mol. The highest BCUT2D eigenvalue weighted by Crippen LogP contribution is 2.11. The van der Waals surface area contributed by atoms with Crippen molar-refractivity contribution < 1.29 is 28.7 Å². The van der Waals surface area contributed by atoms with E-state index < -0.39 is 24.5 Å². The van der Waals surface area contributed by atoms with Crippen LogP contribution < -0.4 is 0 Å². The first-order chi connectivity index (χ1) is 13.9. The molecule has 2 aromatic carbocycles. The third-order valence-corrected chi connectivity index (χ3v) is 4.35. The number of halogens is 1. The van der Waals surface area contributed by atoms with Gasteiger partial charge in [0.15, 0.2) is 12.4 Å². The molecule has 0 radical (unpaired) electrons. The number of hydrogen-bond acceptors (Lipinski definition) is 6. The van der Waals surface area contributed by atoms with Gasteiger partial charge in [0.05, 0.1) is 6.54 Å². The lowest BCUT2D eigenvalue weighted by atomic mass is 10.1. The average molecular weight is 462 g/mol. The standard InChI is InChI=1S/C21H20BrNO6/c1-15(24)28-12-11-23(21(27)17-5-3-2-4-6-17)13-20(26)29-14-19(25)16-7-9-18(22)10-8-16/h2-10H,11-14H2,1H3. The zero-order chi connectivity index (χ0) is 21.2. The molecule has 0 aromatic heterocycles. The topological polar surface area (TPSA) is 90.0 Å². The highest BCUT2D eigenvalue weighted by atomic mass is 79.9. The van der Waals surface area contributed by atoms with E-state index in [1.807, 2.05) is 0 Å². The van der Waals surface area contributed by atoms with E-state index in [9.17, 15) is 19.2 Å². The van der Waals surface area contributed by atoms with Gasteiger partial charge in [0.25, 0.3) is 5.91 Å². The average Bonchev–Trinajstić information content (AvgIpc) is 2.71. The van der Waals surface area contributed by atoms with E-state index in [0.29, 0.717) is 11.1 Å². The lowest BCUT2D eigenvalue weighted by Gasteiger charge is -2.21. The van der Waals surface area contributed by atoms with Crippen LogP contribution in [0.2, 0.25) is 0 Å². The fourth-order valence-electron chi connectivity index (χ4n) is 2.38. The number of benzene rings is 2. The molecule has 152 valence electrons. The van der Waals surface area contributed by atoms with Crippen LogP contribution in [0.4, 0.5) is 0 Å². The number of amides is 1.